The molecule has 0 fully saturated rings. The third-order valence-electron chi connectivity index (χ3n) is 3.77. The second-order valence-electron chi connectivity index (χ2n) is 5.59. The number of hydrogen-bond donors (Lipinski definition) is 1. The van der Waals surface area contributed by atoms with Gasteiger partial charge in [-0.15, -0.1) is 8.78 Å². The van der Waals surface area contributed by atoms with Crippen molar-refractivity contribution in [3.8, 4) is 28.7 Å². The van der Waals surface area contributed by atoms with Gasteiger partial charge in [-0.05, 0) is 29.8 Å². The van der Waals surface area contributed by atoms with Crippen LogP contribution in [0.1, 0.15) is 5.56 Å². The molecule has 2 aromatic rings. The summed E-state index contributed by atoms with van der Waals surface area (Å²) in [6, 6.07) is 7.31. The third-order valence-corrected chi connectivity index (χ3v) is 3.77. The van der Waals surface area contributed by atoms with Gasteiger partial charge in [-0.1, -0.05) is 0 Å². The first-order valence-electron chi connectivity index (χ1n) is 7.84. The summed E-state index contributed by atoms with van der Waals surface area (Å²) in [5.74, 6) is 0.652. The maximum Gasteiger partial charge on any atom is 0.586 e. The van der Waals surface area contributed by atoms with Crippen molar-refractivity contribution in [3.63, 3.8) is 0 Å². The summed E-state index contributed by atoms with van der Waals surface area (Å²) in [4.78, 5) is 12.3. The number of fused-ring (bicyclic) bond motifs is 1. The van der Waals surface area contributed by atoms with Crippen LogP contribution in [0.2, 0.25) is 0 Å². The van der Waals surface area contributed by atoms with E-state index in [2.05, 4.69) is 14.8 Å². The SMILES string of the molecule is COc1cc(CC(=O)Nc2ccc3c(c2)OC(F)(F)O3)cc(OC)c1OC. The molecule has 27 heavy (non-hydrogen) atoms. The predicted octanol–water partition coefficient (Wildman–Crippen LogP) is 3.22. The van der Waals surface area contributed by atoms with E-state index in [1.165, 1.54) is 39.5 Å². The van der Waals surface area contributed by atoms with E-state index >= 15 is 0 Å². The monoisotopic (exact) mass is 381 g/mol. The van der Waals surface area contributed by atoms with Crippen molar-refractivity contribution in [2.45, 2.75) is 12.7 Å². The number of rotatable bonds is 6. The van der Waals surface area contributed by atoms with Crippen LogP contribution in [-0.4, -0.2) is 33.5 Å². The molecule has 0 bridgehead atoms. The van der Waals surface area contributed by atoms with E-state index < -0.39 is 6.29 Å². The Morgan fingerprint density at radius 2 is 1.63 bits per heavy atom. The lowest BCUT2D eigenvalue weighted by molar-refractivity contribution is -0.286. The molecule has 0 atom stereocenters. The van der Waals surface area contributed by atoms with Gasteiger partial charge in [-0.25, -0.2) is 0 Å². The molecule has 9 heteroatoms. The van der Waals surface area contributed by atoms with Crippen LogP contribution in [0.3, 0.4) is 0 Å². The number of amides is 1. The van der Waals surface area contributed by atoms with Gasteiger partial charge in [-0.2, -0.15) is 0 Å². The first kappa shape index (κ1) is 18.6. The van der Waals surface area contributed by atoms with Crippen molar-refractivity contribution in [2.24, 2.45) is 0 Å². The molecule has 0 unspecified atom stereocenters. The molecule has 1 heterocycles. The predicted molar refractivity (Wildman–Crippen MR) is 91.1 cm³/mol. The van der Waals surface area contributed by atoms with Crippen molar-refractivity contribution in [3.05, 3.63) is 35.9 Å². The molecule has 7 nitrogen and oxygen atoms in total. The van der Waals surface area contributed by atoms with Crippen LogP contribution in [0.25, 0.3) is 0 Å². The minimum Gasteiger partial charge on any atom is -0.493 e. The smallest absolute Gasteiger partial charge is 0.493 e. The lowest BCUT2D eigenvalue weighted by Crippen LogP contribution is -2.25. The number of halogens is 2. The largest absolute Gasteiger partial charge is 0.586 e. The fourth-order valence-corrected chi connectivity index (χ4v) is 2.65. The normalized spacial score (nSPS) is 13.8. The maximum atomic E-state index is 13.1. The molecule has 0 saturated carbocycles. The number of anilines is 1. The highest BCUT2D eigenvalue weighted by molar-refractivity contribution is 5.92. The van der Waals surface area contributed by atoms with Crippen LogP contribution in [-0.2, 0) is 11.2 Å². The number of benzene rings is 2. The van der Waals surface area contributed by atoms with Crippen molar-refractivity contribution in [1.82, 2.24) is 0 Å². The second kappa shape index (κ2) is 7.18. The van der Waals surface area contributed by atoms with E-state index in [1.807, 2.05) is 0 Å². The molecule has 0 aromatic heterocycles. The number of carbonyl (C=O) groups is 1. The summed E-state index contributed by atoms with van der Waals surface area (Å²) in [6.07, 6.45) is -3.71. The Balaban J connectivity index is 1.74. The van der Waals surface area contributed by atoms with E-state index in [1.54, 1.807) is 12.1 Å². The molecule has 1 aliphatic heterocycles. The van der Waals surface area contributed by atoms with Gasteiger partial charge in [0, 0.05) is 11.8 Å². The number of methoxy groups -OCH3 is 3. The average Bonchev–Trinajstić information content (AvgIpc) is 2.93. The molecule has 144 valence electrons. The number of carbonyl (C=O) groups excluding carboxylic acids is 1. The molecular formula is C18H17F2NO6. The van der Waals surface area contributed by atoms with Crippen LogP contribution >= 0.6 is 0 Å². The zero-order valence-electron chi connectivity index (χ0n) is 14.8. The van der Waals surface area contributed by atoms with Gasteiger partial charge < -0.3 is 29.0 Å². The minimum atomic E-state index is -3.71. The molecule has 3 rings (SSSR count). The van der Waals surface area contributed by atoms with Crippen LogP contribution in [0, 0.1) is 0 Å². The highest BCUT2D eigenvalue weighted by Gasteiger charge is 2.43. The minimum absolute atomic E-state index is 0.00131. The van der Waals surface area contributed by atoms with Crippen molar-refractivity contribution < 1.29 is 37.3 Å². The van der Waals surface area contributed by atoms with Gasteiger partial charge in [0.15, 0.2) is 23.0 Å². The van der Waals surface area contributed by atoms with Gasteiger partial charge in [0.2, 0.25) is 11.7 Å². The topological polar surface area (TPSA) is 75.3 Å². The highest BCUT2D eigenvalue weighted by atomic mass is 19.3. The van der Waals surface area contributed by atoms with Gasteiger partial charge in [0.1, 0.15) is 0 Å². The standard InChI is InChI=1S/C18H17F2NO6/c1-23-14-6-10(7-15(24-2)17(14)25-3)8-16(22)21-11-4-5-12-13(9-11)27-18(19,20)26-12/h4-7,9H,8H2,1-3H3,(H,21,22). The first-order chi connectivity index (χ1) is 12.8. The Kier molecular flexibility index (Phi) is 4.93. The lowest BCUT2D eigenvalue weighted by Gasteiger charge is -2.14. The third kappa shape index (κ3) is 3.97. The summed E-state index contributed by atoms with van der Waals surface area (Å²) in [5.41, 5.74) is 0.918. The van der Waals surface area contributed by atoms with Crippen molar-refractivity contribution in [1.29, 1.82) is 0 Å². The Morgan fingerprint density at radius 3 is 2.22 bits per heavy atom. The van der Waals surface area contributed by atoms with Gasteiger partial charge >= 0.3 is 6.29 Å². The molecular weight excluding hydrogens is 364 g/mol. The Morgan fingerprint density at radius 1 is 1.00 bits per heavy atom. The lowest BCUT2D eigenvalue weighted by atomic mass is 10.1. The number of hydrogen-bond acceptors (Lipinski definition) is 6. The van der Waals surface area contributed by atoms with E-state index in [0.717, 1.165) is 0 Å². The van der Waals surface area contributed by atoms with Crippen LogP contribution < -0.4 is 29.0 Å². The van der Waals surface area contributed by atoms with E-state index in [9.17, 15) is 13.6 Å². The quantitative estimate of drug-likeness (QED) is 0.828. The summed E-state index contributed by atoms with van der Waals surface area (Å²) >= 11 is 0. The fourth-order valence-electron chi connectivity index (χ4n) is 2.65. The second-order valence-corrected chi connectivity index (χ2v) is 5.59. The van der Waals surface area contributed by atoms with Crippen molar-refractivity contribution in [2.75, 3.05) is 26.6 Å². The summed E-state index contributed by atoms with van der Waals surface area (Å²) in [5, 5.41) is 2.62. The van der Waals surface area contributed by atoms with E-state index in [0.29, 0.717) is 28.5 Å². The number of alkyl halides is 2. The van der Waals surface area contributed by atoms with Gasteiger partial charge in [-0.3, -0.25) is 4.79 Å². The number of ether oxygens (including phenoxy) is 5. The van der Waals surface area contributed by atoms with Crippen LogP contribution in [0.4, 0.5) is 14.5 Å². The first-order valence-corrected chi connectivity index (χ1v) is 7.84. The molecule has 1 aliphatic rings. The summed E-state index contributed by atoms with van der Waals surface area (Å²) in [7, 11) is 4.43. The van der Waals surface area contributed by atoms with E-state index in [4.69, 9.17) is 14.2 Å². The molecule has 0 saturated heterocycles. The van der Waals surface area contributed by atoms with Crippen molar-refractivity contribution >= 4 is 11.6 Å². The maximum absolute atomic E-state index is 13.1. The molecule has 0 spiro atoms. The fraction of sp³-hybridized carbons (Fsp3) is 0.278. The highest BCUT2D eigenvalue weighted by Crippen LogP contribution is 2.42. The Hall–Kier alpha value is -3.23. The van der Waals surface area contributed by atoms with Crippen LogP contribution in [0.15, 0.2) is 30.3 Å². The van der Waals surface area contributed by atoms with Gasteiger partial charge in [0.25, 0.3) is 0 Å². The van der Waals surface area contributed by atoms with Gasteiger partial charge in [0.05, 0.1) is 27.8 Å². The molecule has 1 amide bonds. The Bertz CT molecular complexity index is 846. The zero-order chi connectivity index (χ0) is 19.6. The van der Waals surface area contributed by atoms with Crippen LogP contribution in [0.5, 0.6) is 28.7 Å². The molecule has 2 aromatic carbocycles. The number of nitrogens with one attached hydrogen (secondary N) is 1. The molecule has 1 N–H and O–H groups in total. The molecule has 0 aliphatic carbocycles. The molecule has 0 radical (unpaired) electrons. The summed E-state index contributed by atoms with van der Waals surface area (Å²) in [6.45, 7) is 0. The summed E-state index contributed by atoms with van der Waals surface area (Å²) < 4.78 is 50.5. The Labute approximate surface area is 153 Å². The zero-order valence-corrected chi connectivity index (χ0v) is 14.8. The average molecular weight is 381 g/mol. The van der Waals surface area contributed by atoms with E-state index in [-0.39, 0.29) is 23.8 Å².